The number of anilines is 2. The maximum Gasteiger partial charge on any atom is 0.268 e. The van der Waals surface area contributed by atoms with Gasteiger partial charge in [0.25, 0.3) is 5.56 Å². The van der Waals surface area contributed by atoms with E-state index >= 15 is 0 Å². The molecule has 1 aliphatic heterocycles. The Balaban J connectivity index is 1.39. The van der Waals surface area contributed by atoms with Crippen LogP contribution in [0, 0.1) is 12.0 Å². The van der Waals surface area contributed by atoms with Crippen LogP contribution in [0.15, 0.2) is 72.2 Å². The minimum Gasteiger partial charge on any atom is -0.333 e. The third kappa shape index (κ3) is 6.10. The predicted molar refractivity (Wildman–Crippen MR) is 166 cm³/mol. The van der Waals surface area contributed by atoms with Crippen molar-refractivity contribution in [3.8, 4) is 17.7 Å². The van der Waals surface area contributed by atoms with E-state index in [-0.39, 0.29) is 12.1 Å². The number of pyridine rings is 1. The Labute approximate surface area is 250 Å². The summed E-state index contributed by atoms with van der Waals surface area (Å²) in [7, 11) is 2.16. The number of hydrogen-bond donors (Lipinski definition) is 1. The number of aromatic nitrogens is 7. The molecule has 0 radical (unpaired) electrons. The smallest absolute Gasteiger partial charge is 0.268 e. The molecule has 1 unspecified atom stereocenters. The first-order valence-electron chi connectivity index (χ1n) is 14.5. The Morgan fingerprint density at radius 2 is 1.91 bits per heavy atom. The summed E-state index contributed by atoms with van der Waals surface area (Å²) in [4.78, 5) is 27.6. The largest absolute Gasteiger partial charge is 0.333 e. The van der Waals surface area contributed by atoms with Gasteiger partial charge in [0.05, 0.1) is 30.2 Å². The first-order chi connectivity index (χ1) is 21.0. The van der Waals surface area contributed by atoms with Crippen LogP contribution in [0.1, 0.15) is 42.9 Å². The molecule has 1 saturated heterocycles. The molecule has 1 aliphatic rings. The summed E-state index contributed by atoms with van der Waals surface area (Å²) in [5.74, 6) is 4.04. The summed E-state index contributed by atoms with van der Waals surface area (Å²) in [6, 6.07) is 15.1. The van der Waals surface area contributed by atoms with Gasteiger partial charge in [-0.15, -0.1) is 0 Å². The highest BCUT2D eigenvalue weighted by Crippen LogP contribution is 2.28. The number of likely N-dealkylation sites (tertiary alicyclic amines) is 1. The van der Waals surface area contributed by atoms with Gasteiger partial charge in [-0.2, -0.15) is 20.3 Å². The van der Waals surface area contributed by atoms with Gasteiger partial charge in [-0.3, -0.25) is 9.36 Å². The van der Waals surface area contributed by atoms with Gasteiger partial charge in [0.1, 0.15) is 5.65 Å². The molecule has 0 bridgehead atoms. The summed E-state index contributed by atoms with van der Waals surface area (Å²) < 4.78 is 3.33. The van der Waals surface area contributed by atoms with Crippen LogP contribution in [0.4, 0.5) is 11.6 Å². The fourth-order valence-corrected chi connectivity index (χ4v) is 5.40. The molecule has 0 spiro atoms. The van der Waals surface area contributed by atoms with Crippen molar-refractivity contribution in [1.29, 1.82) is 0 Å². The van der Waals surface area contributed by atoms with Crippen molar-refractivity contribution < 1.29 is 0 Å². The molecule has 5 aromatic rings. The van der Waals surface area contributed by atoms with Crippen LogP contribution in [0.25, 0.3) is 16.7 Å². The van der Waals surface area contributed by atoms with Gasteiger partial charge in [0, 0.05) is 60.9 Å². The lowest BCUT2D eigenvalue weighted by molar-refractivity contribution is 0.411. The van der Waals surface area contributed by atoms with E-state index in [4.69, 9.17) is 4.98 Å². The van der Waals surface area contributed by atoms with Gasteiger partial charge in [0.15, 0.2) is 0 Å². The van der Waals surface area contributed by atoms with E-state index in [1.807, 2.05) is 31.0 Å². The first-order valence-corrected chi connectivity index (χ1v) is 14.5. The number of likely N-dealkylation sites (N-methyl/N-ethyl adjacent to an activating group) is 1. The number of nitrogens with one attached hydrogen (secondary N) is 1. The zero-order valence-corrected chi connectivity index (χ0v) is 24.6. The van der Waals surface area contributed by atoms with E-state index in [9.17, 15) is 4.79 Å². The Morgan fingerprint density at radius 3 is 2.63 bits per heavy atom. The molecular weight excluding hydrogens is 540 g/mol. The average Bonchev–Trinajstić information content (AvgIpc) is 3.73. The summed E-state index contributed by atoms with van der Waals surface area (Å²) in [6.07, 6.45) is 9.70. The lowest BCUT2D eigenvalue weighted by Crippen LogP contribution is -2.25. The van der Waals surface area contributed by atoms with E-state index in [0.717, 1.165) is 43.1 Å². The summed E-state index contributed by atoms with van der Waals surface area (Å²) >= 11 is 0. The second-order valence-corrected chi connectivity index (χ2v) is 10.7. The molecule has 1 N–H and O–H groups in total. The molecule has 1 atom stereocenters. The average molecular weight is 575 g/mol. The number of nitrogens with zero attached hydrogens (tertiary/aromatic N) is 9. The Morgan fingerprint density at radius 1 is 1.09 bits per heavy atom. The van der Waals surface area contributed by atoms with Crippen molar-refractivity contribution in [2.45, 2.75) is 32.7 Å². The van der Waals surface area contributed by atoms with Crippen LogP contribution < -0.4 is 10.9 Å². The van der Waals surface area contributed by atoms with E-state index < -0.39 is 0 Å². The standard InChI is InChI=1S/C32H34N10O/c1-4-40(5-2)16-12-24-17-26-18-33-32(37-28-9-7-23(8-10-28)25-11-15-39(3)21-25)38-30(26)41(31(24)43)22-27-19-34-35-20-29(27)42-14-6-13-36-42/h6-10,13-14,17-20,25H,4-5,11,15,21-22H2,1-3H3,(H,33,37,38). The van der Waals surface area contributed by atoms with Crippen molar-refractivity contribution in [2.24, 2.45) is 0 Å². The molecule has 43 heavy (non-hydrogen) atoms. The Hall–Kier alpha value is -5.08. The highest BCUT2D eigenvalue weighted by Gasteiger charge is 2.21. The molecule has 4 aromatic heterocycles. The van der Waals surface area contributed by atoms with Crippen molar-refractivity contribution in [2.75, 3.05) is 38.5 Å². The predicted octanol–water partition coefficient (Wildman–Crippen LogP) is 3.63. The maximum absolute atomic E-state index is 13.9. The van der Waals surface area contributed by atoms with Crippen LogP contribution in [-0.2, 0) is 6.54 Å². The SMILES string of the molecule is CCN(C#Cc1cc2cnc(Nc3ccc(C4CCN(C)C4)cc3)nc2n(Cc2cnncc2-n2cccn2)c1=O)CC. The number of hydrogen-bond acceptors (Lipinski definition) is 9. The van der Waals surface area contributed by atoms with Gasteiger partial charge < -0.3 is 15.1 Å². The molecule has 218 valence electrons. The van der Waals surface area contributed by atoms with Crippen molar-refractivity contribution in [1.82, 2.24) is 44.3 Å². The van der Waals surface area contributed by atoms with E-state index in [1.165, 1.54) is 12.0 Å². The van der Waals surface area contributed by atoms with Gasteiger partial charge in [-0.05, 0) is 75.5 Å². The molecule has 0 saturated carbocycles. The van der Waals surface area contributed by atoms with Crippen LogP contribution in [0.2, 0.25) is 0 Å². The van der Waals surface area contributed by atoms with E-state index in [1.54, 1.807) is 40.1 Å². The highest BCUT2D eigenvalue weighted by atomic mass is 16.1. The van der Waals surface area contributed by atoms with Crippen LogP contribution in [0.5, 0.6) is 0 Å². The monoisotopic (exact) mass is 574 g/mol. The van der Waals surface area contributed by atoms with Gasteiger partial charge in [-0.1, -0.05) is 12.1 Å². The Kier molecular flexibility index (Phi) is 8.11. The normalized spacial score (nSPS) is 14.9. The fraction of sp³-hybridized carbons (Fsp3) is 0.312. The minimum atomic E-state index is -0.245. The summed E-state index contributed by atoms with van der Waals surface area (Å²) in [5.41, 5.74) is 4.32. The quantitative estimate of drug-likeness (QED) is 0.219. The molecule has 11 heteroatoms. The molecular formula is C32H34N10O. The second kappa shape index (κ2) is 12.4. The summed E-state index contributed by atoms with van der Waals surface area (Å²) in [5, 5.41) is 16.5. The number of benzene rings is 1. The van der Waals surface area contributed by atoms with Gasteiger partial charge in [-0.25, -0.2) is 9.67 Å². The lowest BCUT2D eigenvalue weighted by atomic mass is 9.98. The third-order valence-electron chi connectivity index (χ3n) is 7.84. The van der Waals surface area contributed by atoms with Crippen molar-refractivity contribution in [3.63, 3.8) is 0 Å². The number of rotatable bonds is 8. The Bertz CT molecular complexity index is 1830. The zero-order valence-electron chi connectivity index (χ0n) is 24.6. The van der Waals surface area contributed by atoms with E-state index in [2.05, 4.69) is 73.8 Å². The maximum atomic E-state index is 13.9. The van der Waals surface area contributed by atoms with E-state index in [0.29, 0.717) is 28.5 Å². The van der Waals surface area contributed by atoms with Crippen molar-refractivity contribution >= 4 is 22.7 Å². The van der Waals surface area contributed by atoms with Gasteiger partial charge >= 0.3 is 0 Å². The van der Waals surface area contributed by atoms with Crippen LogP contribution >= 0.6 is 0 Å². The van der Waals surface area contributed by atoms with Gasteiger partial charge in [0.2, 0.25) is 5.95 Å². The zero-order chi connectivity index (χ0) is 29.8. The minimum absolute atomic E-state index is 0.196. The molecule has 6 rings (SSSR count). The van der Waals surface area contributed by atoms with Crippen LogP contribution in [-0.4, -0.2) is 77.5 Å². The topological polar surface area (TPSA) is 110 Å². The molecule has 1 fully saturated rings. The van der Waals surface area contributed by atoms with Crippen molar-refractivity contribution in [3.05, 3.63) is 94.4 Å². The lowest BCUT2D eigenvalue weighted by Gasteiger charge is -2.15. The highest BCUT2D eigenvalue weighted by molar-refractivity contribution is 5.77. The molecule has 1 aromatic carbocycles. The van der Waals surface area contributed by atoms with Crippen LogP contribution in [0.3, 0.4) is 0 Å². The third-order valence-corrected chi connectivity index (χ3v) is 7.84. The molecule has 11 nitrogen and oxygen atoms in total. The molecule has 0 amide bonds. The molecule has 5 heterocycles. The molecule has 0 aliphatic carbocycles. The summed E-state index contributed by atoms with van der Waals surface area (Å²) in [6.45, 7) is 7.99. The second-order valence-electron chi connectivity index (χ2n) is 10.7. The number of fused-ring (bicyclic) bond motifs is 1. The fourth-order valence-electron chi connectivity index (χ4n) is 5.40. The first kappa shape index (κ1) is 28.1.